The molecule has 4 nitrogen and oxygen atoms in total. The second-order valence-corrected chi connectivity index (χ2v) is 5.60. The summed E-state index contributed by atoms with van der Waals surface area (Å²) in [6, 6.07) is 9.95. The number of hydrogen-bond donors (Lipinski definition) is 1. The number of ether oxygens (including phenoxy) is 2. The molecule has 1 N–H and O–H groups in total. The largest absolute Gasteiger partial charge is 0.508 e. The molecule has 136 valence electrons. The summed E-state index contributed by atoms with van der Waals surface area (Å²) in [5, 5.41) is 9.31. The molecule has 0 bridgehead atoms. The van der Waals surface area contributed by atoms with Crippen LogP contribution in [0.1, 0.15) is 35.3 Å². The van der Waals surface area contributed by atoms with Gasteiger partial charge in [-0.1, -0.05) is 12.2 Å². The summed E-state index contributed by atoms with van der Waals surface area (Å²) in [7, 11) is 0. The first-order valence-corrected chi connectivity index (χ1v) is 8.63. The van der Waals surface area contributed by atoms with E-state index in [0.717, 1.165) is 22.6 Å². The third-order valence-electron chi connectivity index (χ3n) is 3.72. The molecule has 2 rings (SSSR count). The number of aromatic hydroxyl groups is 1. The van der Waals surface area contributed by atoms with Crippen molar-refractivity contribution in [1.29, 1.82) is 0 Å². The molecule has 0 aliphatic rings. The molecule has 0 spiro atoms. The van der Waals surface area contributed by atoms with E-state index in [4.69, 9.17) is 9.47 Å². The normalized spacial score (nSPS) is 10.7. The maximum atomic E-state index is 12.3. The van der Waals surface area contributed by atoms with E-state index >= 15 is 0 Å². The zero-order valence-corrected chi connectivity index (χ0v) is 15.2. The molecule has 0 fully saturated rings. The molecule has 2 aromatic rings. The number of allylic oxidation sites excluding steroid dienone is 2. The standard InChI is InChI=1S/C22H24O4/c1-4-7-19-21(25-5-2)14-16(15-22(19)26-6-3)8-13-20(24)17-9-11-18(23)12-10-17/h4,8-15,23H,1,5-7H2,2-3H3. The van der Waals surface area contributed by atoms with Crippen LogP contribution in [0.3, 0.4) is 0 Å². The number of carbonyl (C=O) groups is 1. The van der Waals surface area contributed by atoms with Crippen LogP contribution in [0.5, 0.6) is 17.2 Å². The third-order valence-corrected chi connectivity index (χ3v) is 3.72. The molecule has 0 unspecified atom stereocenters. The lowest BCUT2D eigenvalue weighted by atomic mass is 10.0. The van der Waals surface area contributed by atoms with Crippen molar-refractivity contribution in [3.8, 4) is 17.2 Å². The number of hydrogen-bond acceptors (Lipinski definition) is 4. The average molecular weight is 352 g/mol. The summed E-state index contributed by atoms with van der Waals surface area (Å²) in [6.45, 7) is 8.72. The van der Waals surface area contributed by atoms with Gasteiger partial charge in [0.25, 0.3) is 0 Å². The highest BCUT2D eigenvalue weighted by Crippen LogP contribution is 2.32. The number of rotatable bonds is 9. The molecule has 0 aliphatic carbocycles. The highest BCUT2D eigenvalue weighted by atomic mass is 16.5. The van der Waals surface area contributed by atoms with Crippen molar-refractivity contribution < 1.29 is 19.4 Å². The molecule has 0 radical (unpaired) electrons. The van der Waals surface area contributed by atoms with E-state index in [9.17, 15) is 9.90 Å². The van der Waals surface area contributed by atoms with Crippen LogP contribution < -0.4 is 9.47 Å². The molecule has 0 saturated heterocycles. The van der Waals surface area contributed by atoms with Gasteiger partial charge in [0.15, 0.2) is 5.78 Å². The fourth-order valence-corrected chi connectivity index (χ4v) is 2.54. The van der Waals surface area contributed by atoms with Gasteiger partial charge < -0.3 is 14.6 Å². The van der Waals surface area contributed by atoms with Gasteiger partial charge in [0.2, 0.25) is 0 Å². The van der Waals surface area contributed by atoms with E-state index in [1.54, 1.807) is 18.2 Å². The lowest BCUT2D eigenvalue weighted by Crippen LogP contribution is -2.02. The maximum absolute atomic E-state index is 12.3. The Balaban J connectivity index is 2.33. The monoisotopic (exact) mass is 352 g/mol. The van der Waals surface area contributed by atoms with Crippen molar-refractivity contribution in [3.05, 3.63) is 71.8 Å². The van der Waals surface area contributed by atoms with Crippen molar-refractivity contribution in [2.24, 2.45) is 0 Å². The Bertz CT molecular complexity index is 761. The van der Waals surface area contributed by atoms with E-state index in [1.807, 2.05) is 32.1 Å². The van der Waals surface area contributed by atoms with Crippen molar-refractivity contribution in [2.75, 3.05) is 13.2 Å². The lowest BCUT2D eigenvalue weighted by molar-refractivity contribution is 0.104. The quantitative estimate of drug-likeness (QED) is 0.399. The third kappa shape index (κ3) is 4.99. The Morgan fingerprint density at radius 1 is 1.08 bits per heavy atom. The van der Waals surface area contributed by atoms with E-state index in [0.29, 0.717) is 25.2 Å². The summed E-state index contributed by atoms with van der Waals surface area (Å²) in [4.78, 5) is 12.3. The minimum atomic E-state index is -0.143. The Hall–Kier alpha value is -3.01. The highest BCUT2D eigenvalue weighted by molar-refractivity contribution is 6.06. The van der Waals surface area contributed by atoms with Crippen LogP contribution in [-0.2, 0) is 6.42 Å². The minimum Gasteiger partial charge on any atom is -0.508 e. The molecular weight excluding hydrogens is 328 g/mol. The molecule has 0 aliphatic heterocycles. The highest BCUT2D eigenvalue weighted by Gasteiger charge is 2.12. The van der Waals surface area contributed by atoms with Crippen molar-refractivity contribution in [1.82, 2.24) is 0 Å². The predicted molar refractivity (Wildman–Crippen MR) is 104 cm³/mol. The number of benzene rings is 2. The van der Waals surface area contributed by atoms with Crippen molar-refractivity contribution in [2.45, 2.75) is 20.3 Å². The number of ketones is 1. The first-order valence-electron chi connectivity index (χ1n) is 8.63. The zero-order chi connectivity index (χ0) is 18.9. The average Bonchev–Trinajstić information content (AvgIpc) is 2.63. The van der Waals surface area contributed by atoms with Gasteiger partial charge in [-0.05, 0) is 68.3 Å². The topological polar surface area (TPSA) is 55.8 Å². The van der Waals surface area contributed by atoms with Crippen LogP contribution in [0, 0.1) is 0 Å². The molecule has 0 saturated carbocycles. The van der Waals surface area contributed by atoms with Crippen LogP contribution in [0.15, 0.2) is 55.1 Å². The van der Waals surface area contributed by atoms with Crippen LogP contribution in [-0.4, -0.2) is 24.1 Å². The molecule has 0 heterocycles. The van der Waals surface area contributed by atoms with Crippen molar-refractivity contribution in [3.63, 3.8) is 0 Å². The molecule has 2 aromatic carbocycles. The molecule has 26 heavy (non-hydrogen) atoms. The lowest BCUT2D eigenvalue weighted by Gasteiger charge is -2.15. The van der Waals surface area contributed by atoms with Crippen molar-refractivity contribution >= 4 is 11.9 Å². The van der Waals surface area contributed by atoms with E-state index < -0.39 is 0 Å². The van der Waals surface area contributed by atoms with Gasteiger partial charge in [-0.25, -0.2) is 0 Å². The first-order chi connectivity index (χ1) is 12.6. The number of phenolic OH excluding ortho intramolecular Hbond substituents is 1. The van der Waals surface area contributed by atoms with Gasteiger partial charge in [-0.15, -0.1) is 6.58 Å². The van der Waals surface area contributed by atoms with Crippen LogP contribution in [0.4, 0.5) is 0 Å². The van der Waals surface area contributed by atoms with E-state index in [1.165, 1.54) is 18.2 Å². The minimum absolute atomic E-state index is 0.131. The van der Waals surface area contributed by atoms with Gasteiger partial charge >= 0.3 is 0 Å². The van der Waals surface area contributed by atoms with Crippen LogP contribution in [0.2, 0.25) is 0 Å². The summed E-state index contributed by atoms with van der Waals surface area (Å²) in [5.41, 5.74) is 2.28. The molecule has 4 heteroatoms. The van der Waals surface area contributed by atoms with Gasteiger partial charge in [-0.2, -0.15) is 0 Å². The SMILES string of the molecule is C=CCc1c(OCC)cc(C=CC(=O)c2ccc(O)cc2)cc1OCC. The fourth-order valence-electron chi connectivity index (χ4n) is 2.54. The zero-order valence-electron chi connectivity index (χ0n) is 15.2. The van der Waals surface area contributed by atoms with E-state index in [-0.39, 0.29) is 11.5 Å². The molecule has 0 aromatic heterocycles. The summed E-state index contributed by atoms with van der Waals surface area (Å²) >= 11 is 0. The van der Waals surface area contributed by atoms with Gasteiger partial charge in [0, 0.05) is 11.1 Å². The number of phenols is 1. The first kappa shape index (κ1) is 19.3. The number of carbonyl (C=O) groups excluding carboxylic acids is 1. The summed E-state index contributed by atoms with van der Waals surface area (Å²) in [5.74, 6) is 1.45. The van der Waals surface area contributed by atoms with E-state index in [2.05, 4.69) is 6.58 Å². The molecule has 0 atom stereocenters. The Labute approximate surface area is 154 Å². The molecular formula is C22H24O4. The predicted octanol–water partition coefficient (Wildman–Crippen LogP) is 4.81. The summed E-state index contributed by atoms with van der Waals surface area (Å²) < 4.78 is 11.5. The Morgan fingerprint density at radius 2 is 1.65 bits per heavy atom. The second-order valence-electron chi connectivity index (χ2n) is 5.60. The van der Waals surface area contributed by atoms with Gasteiger partial charge in [-0.3, -0.25) is 4.79 Å². The van der Waals surface area contributed by atoms with Crippen LogP contribution in [0.25, 0.3) is 6.08 Å². The van der Waals surface area contributed by atoms with Crippen LogP contribution >= 0.6 is 0 Å². The second kappa shape index (κ2) is 9.47. The van der Waals surface area contributed by atoms with Gasteiger partial charge in [0.05, 0.1) is 13.2 Å². The maximum Gasteiger partial charge on any atom is 0.185 e. The summed E-state index contributed by atoms with van der Waals surface area (Å²) in [6.07, 6.45) is 5.68. The Morgan fingerprint density at radius 3 is 2.15 bits per heavy atom. The molecule has 0 amide bonds. The fraction of sp³-hybridized carbons (Fsp3) is 0.227. The van der Waals surface area contributed by atoms with Gasteiger partial charge in [0.1, 0.15) is 17.2 Å². The Kier molecular flexibility index (Phi) is 7.03. The smallest absolute Gasteiger partial charge is 0.185 e.